The fourth-order valence-electron chi connectivity index (χ4n) is 4.96. The first-order chi connectivity index (χ1) is 14.4. The van der Waals surface area contributed by atoms with Crippen LogP contribution in [0.2, 0.25) is 5.02 Å². The molecule has 0 bridgehead atoms. The lowest BCUT2D eigenvalue weighted by molar-refractivity contribution is 0.0974. The van der Waals surface area contributed by atoms with Crippen molar-refractivity contribution in [3.8, 4) is 11.3 Å². The molecule has 3 aromatic rings. The van der Waals surface area contributed by atoms with E-state index in [2.05, 4.69) is 16.8 Å². The van der Waals surface area contributed by atoms with Crippen LogP contribution in [0.5, 0.6) is 0 Å². The first kappa shape index (κ1) is 19.7. The number of hydrogen-bond acceptors (Lipinski definition) is 5. The SMILES string of the molecule is Cc1nc(N2CCC3(CC2)CO[C@@H](C)C3N)c2cncn2c1-c1cccc(Cl)c1F. The number of piperidine rings is 1. The van der Waals surface area contributed by atoms with Gasteiger partial charge in [0.25, 0.3) is 0 Å². The van der Waals surface area contributed by atoms with E-state index in [1.807, 2.05) is 11.3 Å². The molecule has 6 nitrogen and oxygen atoms in total. The molecule has 0 radical (unpaired) electrons. The Kier molecular flexibility index (Phi) is 4.72. The molecule has 0 saturated carbocycles. The molecule has 4 heterocycles. The standard InChI is InChI=1S/C22H25ClFN5O/c1-13-19(15-4-3-5-16(23)18(15)24)29-12-26-10-17(29)21(27-13)28-8-6-22(7-9-28)11-30-14(2)20(22)25/h3-5,10,12,14,20H,6-9,11,25H2,1-2H3/t14-,20?/m0/s1. The second kappa shape index (κ2) is 7.18. The Morgan fingerprint density at radius 3 is 2.77 bits per heavy atom. The number of imidazole rings is 1. The molecule has 1 spiro atoms. The Hall–Kier alpha value is -2.22. The Labute approximate surface area is 179 Å². The summed E-state index contributed by atoms with van der Waals surface area (Å²) in [4.78, 5) is 11.5. The molecule has 2 aliphatic rings. The number of hydrogen-bond donors (Lipinski definition) is 1. The number of nitrogens with zero attached hydrogens (tertiary/aromatic N) is 4. The van der Waals surface area contributed by atoms with Gasteiger partial charge in [0.05, 0.1) is 41.6 Å². The normalized spacial score (nSPS) is 23.6. The molecule has 2 saturated heterocycles. The van der Waals surface area contributed by atoms with Crippen LogP contribution in [0, 0.1) is 18.2 Å². The van der Waals surface area contributed by atoms with Crippen molar-refractivity contribution in [2.45, 2.75) is 38.8 Å². The molecule has 2 fully saturated rings. The third-order valence-electron chi connectivity index (χ3n) is 6.84. The van der Waals surface area contributed by atoms with Gasteiger partial charge >= 0.3 is 0 Å². The van der Waals surface area contributed by atoms with Crippen LogP contribution in [0.4, 0.5) is 10.2 Å². The minimum absolute atomic E-state index is 0.0470. The summed E-state index contributed by atoms with van der Waals surface area (Å²) < 4.78 is 22.5. The highest BCUT2D eigenvalue weighted by Gasteiger charge is 2.47. The molecule has 0 aliphatic carbocycles. The van der Waals surface area contributed by atoms with E-state index in [4.69, 9.17) is 27.1 Å². The molecule has 2 N–H and O–H groups in total. The minimum Gasteiger partial charge on any atom is -0.376 e. The highest BCUT2D eigenvalue weighted by molar-refractivity contribution is 6.31. The fourth-order valence-corrected chi connectivity index (χ4v) is 5.14. The summed E-state index contributed by atoms with van der Waals surface area (Å²) in [6.45, 7) is 6.38. The third kappa shape index (κ3) is 2.91. The van der Waals surface area contributed by atoms with Crippen LogP contribution in [0.25, 0.3) is 16.8 Å². The minimum atomic E-state index is -0.448. The van der Waals surface area contributed by atoms with E-state index in [0.29, 0.717) is 11.3 Å². The third-order valence-corrected chi connectivity index (χ3v) is 7.13. The van der Waals surface area contributed by atoms with Crippen LogP contribution in [-0.4, -0.2) is 46.2 Å². The molecule has 158 valence electrons. The average Bonchev–Trinajstić information content (AvgIpc) is 3.32. The van der Waals surface area contributed by atoms with Gasteiger partial charge in [-0.05, 0) is 38.8 Å². The molecule has 8 heteroatoms. The summed E-state index contributed by atoms with van der Waals surface area (Å²) in [6, 6.07) is 5.08. The first-order valence-electron chi connectivity index (χ1n) is 10.3. The molecule has 5 rings (SSSR count). The van der Waals surface area contributed by atoms with Gasteiger partial charge in [-0.3, -0.25) is 4.40 Å². The highest BCUT2D eigenvalue weighted by Crippen LogP contribution is 2.42. The Balaban J connectivity index is 1.52. The number of halogens is 2. The second-order valence-corrected chi connectivity index (χ2v) is 8.92. The summed E-state index contributed by atoms with van der Waals surface area (Å²) in [5, 5.41) is 0.0925. The number of ether oxygens (including phenoxy) is 1. The summed E-state index contributed by atoms with van der Waals surface area (Å²) in [6.07, 6.45) is 5.51. The van der Waals surface area contributed by atoms with Crippen LogP contribution >= 0.6 is 11.6 Å². The van der Waals surface area contributed by atoms with Gasteiger partial charge in [-0.15, -0.1) is 0 Å². The van der Waals surface area contributed by atoms with Gasteiger partial charge in [-0.2, -0.15) is 0 Å². The van der Waals surface area contributed by atoms with Crippen LogP contribution in [0.3, 0.4) is 0 Å². The van der Waals surface area contributed by atoms with E-state index >= 15 is 0 Å². The van der Waals surface area contributed by atoms with E-state index in [0.717, 1.165) is 49.6 Å². The molecule has 2 atom stereocenters. The maximum Gasteiger partial charge on any atom is 0.154 e. The van der Waals surface area contributed by atoms with Crippen molar-refractivity contribution < 1.29 is 9.13 Å². The predicted octanol–water partition coefficient (Wildman–Crippen LogP) is 3.83. The zero-order valence-electron chi connectivity index (χ0n) is 17.1. The number of nitrogens with two attached hydrogens (primary N) is 1. The molecular formula is C22H25ClFN5O. The van der Waals surface area contributed by atoms with Gasteiger partial charge in [0.2, 0.25) is 0 Å². The van der Waals surface area contributed by atoms with Gasteiger partial charge in [-0.25, -0.2) is 14.4 Å². The molecule has 30 heavy (non-hydrogen) atoms. The lowest BCUT2D eigenvalue weighted by atomic mass is 9.73. The number of anilines is 1. The summed E-state index contributed by atoms with van der Waals surface area (Å²) in [5.74, 6) is 0.419. The van der Waals surface area contributed by atoms with E-state index in [1.165, 1.54) is 0 Å². The number of aryl methyl sites for hydroxylation is 1. The van der Waals surface area contributed by atoms with Crippen LogP contribution in [0.15, 0.2) is 30.7 Å². The van der Waals surface area contributed by atoms with Crippen molar-refractivity contribution in [3.05, 3.63) is 47.3 Å². The lowest BCUT2D eigenvalue weighted by Gasteiger charge is -2.41. The molecular weight excluding hydrogens is 405 g/mol. The van der Waals surface area contributed by atoms with Crippen LogP contribution in [0.1, 0.15) is 25.5 Å². The summed E-state index contributed by atoms with van der Waals surface area (Å²) in [5.41, 5.74) is 9.18. The van der Waals surface area contributed by atoms with Gasteiger partial charge in [0.15, 0.2) is 11.6 Å². The maximum absolute atomic E-state index is 14.8. The molecule has 0 amide bonds. The average molecular weight is 430 g/mol. The monoisotopic (exact) mass is 429 g/mol. The van der Waals surface area contributed by atoms with Gasteiger partial charge in [0.1, 0.15) is 5.52 Å². The van der Waals surface area contributed by atoms with Gasteiger partial charge in [0, 0.05) is 30.1 Å². The van der Waals surface area contributed by atoms with Crippen LogP contribution in [-0.2, 0) is 4.74 Å². The van der Waals surface area contributed by atoms with Crippen molar-refractivity contribution in [3.63, 3.8) is 0 Å². The van der Waals surface area contributed by atoms with Crippen LogP contribution < -0.4 is 10.6 Å². The molecule has 1 aromatic carbocycles. The number of fused-ring (bicyclic) bond motifs is 1. The number of benzene rings is 1. The quantitative estimate of drug-likeness (QED) is 0.670. The number of aromatic nitrogens is 3. The summed E-state index contributed by atoms with van der Waals surface area (Å²) in [7, 11) is 0. The molecule has 2 aliphatic heterocycles. The summed E-state index contributed by atoms with van der Waals surface area (Å²) >= 11 is 6.03. The van der Waals surface area contributed by atoms with Crippen molar-refractivity contribution in [1.29, 1.82) is 0 Å². The van der Waals surface area contributed by atoms with Gasteiger partial charge < -0.3 is 15.4 Å². The second-order valence-electron chi connectivity index (χ2n) is 8.51. The molecule has 2 aromatic heterocycles. The fraction of sp³-hybridized carbons (Fsp3) is 0.455. The topological polar surface area (TPSA) is 68.7 Å². The van der Waals surface area contributed by atoms with Gasteiger partial charge in [-0.1, -0.05) is 17.7 Å². The Morgan fingerprint density at radius 2 is 2.07 bits per heavy atom. The Bertz CT molecular complexity index is 1110. The van der Waals surface area contributed by atoms with E-state index in [1.54, 1.807) is 30.7 Å². The largest absolute Gasteiger partial charge is 0.376 e. The Morgan fingerprint density at radius 1 is 1.30 bits per heavy atom. The number of rotatable bonds is 2. The van der Waals surface area contributed by atoms with E-state index in [9.17, 15) is 4.39 Å². The zero-order valence-corrected chi connectivity index (χ0v) is 17.9. The van der Waals surface area contributed by atoms with E-state index < -0.39 is 5.82 Å². The smallest absolute Gasteiger partial charge is 0.154 e. The van der Waals surface area contributed by atoms with Crippen molar-refractivity contribution in [2.24, 2.45) is 11.1 Å². The van der Waals surface area contributed by atoms with E-state index in [-0.39, 0.29) is 22.6 Å². The lowest BCUT2D eigenvalue weighted by Crippen LogP contribution is -2.50. The predicted molar refractivity (Wildman–Crippen MR) is 115 cm³/mol. The highest BCUT2D eigenvalue weighted by atomic mass is 35.5. The van der Waals surface area contributed by atoms with Crippen molar-refractivity contribution >= 4 is 22.9 Å². The first-order valence-corrected chi connectivity index (χ1v) is 10.7. The van der Waals surface area contributed by atoms with Crippen molar-refractivity contribution in [1.82, 2.24) is 14.4 Å². The van der Waals surface area contributed by atoms with Crippen molar-refractivity contribution in [2.75, 3.05) is 24.6 Å². The maximum atomic E-state index is 14.8. The molecule has 1 unspecified atom stereocenters. The zero-order chi connectivity index (χ0) is 21.0.